The van der Waals surface area contributed by atoms with Gasteiger partial charge in [0.1, 0.15) is 30.5 Å². The molecule has 0 radical (unpaired) electrons. The van der Waals surface area contributed by atoms with Crippen LogP contribution in [0.1, 0.15) is 11.1 Å². The van der Waals surface area contributed by atoms with Gasteiger partial charge in [0.15, 0.2) is 0 Å². The van der Waals surface area contributed by atoms with E-state index in [-0.39, 0.29) is 19.0 Å². The maximum Gasteiger partial charge on any atom is 0.138 e. The van der Waals surface area contributed by atoms with Crippen LogP contribution >= 0.6 is 0 Å². The third-order valence-electron chi connectivity index (χ3n) is 2.58. The topological polar surface area (TPSA) is 49.7 Å². The van der Waals surface area contributed by atoms with Crippen molar-refractivity contribution >= 4 is 0 Å². The van der Waals surface area contributed by atoms with Gasteiger partial charge in [0.2, 0.25) is 0 Å². The first-order valence-corrected chi connectivity index (χ1v) is 5.99. The van der Waals surface area contributed by atoms with Crippen LogP contribution in [-0.2, 0) is 6.61 Å². The molecule has 0 aliphatic carbocycles. The van der Waals surface area contributed by atoms with E-state index in [1.165, 1.54) is 18.2 Å². The van der Waals surface area contributed by atoms with Crippen molar-refractivity contribution in [1.82, 2.24) is 0 Å². The summed E-state index contributed by atoms with van der Waals surface area (Å²) in [5.41, 5.74) is 1.35. The second kappa shape index (κ2) is 6.60. The number of hydrogen-bond donors (Lipinski definition) is 2. The van der Waals surface area contributed by atoms with Crippen LogP contribution in [0.3, 0.4) is 0 Å². The van der Waals surface area contributed by atoms with Gasteiger partial charge in [-0.05, 0) is 29.8 Å². The van der Waals surface area contributed by atoms with Gasteiger partial charge in [-0.3, -0.25) is 0 Å². The smallest absolute Gasteiger partial charge is 0.138 e. The van der Waals surface area contributed by atoms with Gasteiger partial charge in [-0.1, -0.05) is 24.0 Å². The minimum Gasteiger partial charge on any atom is -0.508 e. The highest BCUT2D eigenvalue weighted by Crippen LogP contribution is 2.21. The van der Waals surface area contributed by atoms with Crippen LogP contribution in [0, 0.1) is 17.7 Å². The maximum atomic E-state index is 13.2. The van der Waals surface area contributed by atoms with E-state index in [9.17, 15) is 9.50 Å². The van der Waals surface area contributed by atoms with Crippen molar-refractivity contribution in [2.75, 3.05) is 6.61 Å². The molecule has 0 fully saturated rings. The van der Waals surface area contributed by atoms with Crippen molar-refractivity contribution in [2.24, 2.45) is 0 Å². The van der Waals surface area contributed by atoms with Crippen molar-refractivity contribution in [3.8, 4) is 23.3 Å². The average Bonchev–Trinajstić information content (AvgIpc) is 2.46. The lowest BCUT2D eigenvalue weighted by Crippen LogP contribution is -1.98. The Morgan fingerprint density at radius 2 is 1.85 bits per heavy atom. The molecule has 0 aromatic heterocycles. The quantitative estimate of drug-likeness (QED) is 0.844. The lowest BCUT2D eigenvalue weighted by Gasteiger charge is -2.08. The van der Waals surface area contributed by atoms with E-state index in [0.29, 0.717) is 11.3 Å². The second-order valence-electron chi connectivity index (χ2n) is 4.06. The number of phenols is 1. The summed E-state index contributed by atoms with van der Waals surface area (Å²) in [5, 5.41) is 17.9. The van der Waals surface area contributed by atoms with Gasteiger partial charge in [0, 0.05) is 6.07 Å². The van der Waals surface area contributed by atoms with Crippen LogP contribution in [0.4, 0.5) is 4.39 Å². The number of phenolic OH excluding ortho intramolecular Hbond substituents is 1. The van der Waals surface area contributed by atoms with E-state index in [0.717, 1.165) is 5.56 Å². The summed E-state index contributed by atoms with van der Waals surface area (Å²) >= 11 is 0. The van der Waals surface area contributed by atoms with Gasteiger partial charge in [-0.25, -0.2) is 4.39 Å². The summed E-state index contributed by atoms with van der Waals surface area (Å²) in [5.74, 6) is 5.28. The van der Waals surface area contributed by atoms with Crippen molar-refractivity contribution in [1.29, 1.82) is 0 Å². The number of aliphatic hydroxyl groups is 1. The standard InChI is InChI=1S/C16H13FO3/c17-14-6-5-13(2-1-9-18)16(10-14)20-11-12-3-7-15(19)8-4-12/h3-8,10,18-19H,9,11H2. The Balaban J connectivity index is 2.15. The van der Waals surface area contributed by atoms with Gasteiger partial charge in [-0.15, -0.1) is 0 Å². The molecular weight excluding hydrogens is 259 g/mol. The lowest BCUT2D eigenvalue weighted by atomic mass is 10.2. The number of ether oxygens (including phenoxy) is 1. The Labute approximate surface area is 116 Å². The number of hydrogen-bond acceptors (Lipinski definition) is 3. The Morgan fingerprint density at radius 3 is 2.55 bits per heavy atom. The molecule has 20 heavy (non-hydrogen) atoms. The summed E-state index contributed by atoms with van der Waals surface area (Å²) < 4.78 is 18.8. The molecule has 0 atom stereocenters. The first-order valence-electron chi connectivity index (χ1n) is 5.99. The highest BCUT2D eigenvalue weighted by atomic mass is 19.1. The zero-order chi connectivity index (χ0) is 14.4. The summed E-state index contributed by atoms with van der Waals surface area (Å²) in [7, 11) is 0. The molecule has 0 aliphatic heterocycles. The van der Waals surface area contributed by atoms with Crippen molar-refractivity contribution in [3.05, 3.63) is 59.4 Å². The number of benzene rings is 2. The third kappa shape index (κ3) is 3.74. The SMILES string of the molecule is OCC#Cc1ccc(F)cc1OCc1ccc(O)cc1. The summed E-state index contributed by atoms with van der Waals surface area (Å²) in [6.45, 7) is -0.0354. The Bertz CT molecular complexity index is 639. The second-order valence-corrected chi connectivity index (χ2v) is 4.06. The zero-order valence-corrected chi connectivity index (χ0v) is 10.6. The zero-order valence-electron chi connectivity index (χ0n) is 10.6. The van der Waals surface area contributed by atoms with Crippen LogP contribution < -0.4 is 4.74 Å². The highest BCUT2D eigenvalue weighted by Gasteiger charge is 2.04. The number of rotatable bonds is 3. The van der Waals surface area contributed by atoms with Crippen LogP contribution in [0.2, 0.25) is 0 Å². The molecule has 0 saturated carbocycles. The summed E-state index contributed by atoms with van der Waals surface area (Å²) in [6.07, 6.45) is 0. The molecule has 0 bridgehead atoms. The third-order valence-corrected chi connectivity index (χ3v) is 2.58. The van der Waals surface area contributed by atoms with E-state index in [1.54, 1.807) is 24.3 Å². The highest BCUT2D eigenvalue weighted by molar-refractivity contribution is 5.46. The number of aliphatic hydroxyl groups excluding tert-OH is 1. The molecule has 3 nitrogen and oxygen atoms in total. The summed E-state index contributed by atoms with van der Waals surface area (Å²) in [4.78, 5) is 0. The van der Waals surface area contributed by atoms with Gasteiger partial charge in [0.25, 0.3) is 0 Å². The number of halogens is 1. The average molecular weight is 272 g/mol. The predicted octanol–water partition coefficient (Wildman–Crippen LogP) is 2.45. The molecular formula is C16H13FO3. The van der Waals surface area contributed by atoms with Crippen molar-refractivity contribution < 1.29 is 19.3 Å². The fourth-order valence-corrected chi connectivity index (χ4v) is 1.61. The van der Waals surface area contributed by atoms with Gasteiger partial charge < -0.3 is 14.9 Å². The lowest BCUT2D eigenvalue weighted by molar-refractivity contribution is 0.303. The Hall–Kier alpha value is -2.51. The van der Waals surface area contributed by atoms with Crippen LogP contribution in [0.15, 0.2) is 42.5 Å². The van der Waals surface area contributed by atoms with E-state index in [1.807, 2.05) is 0 Å². The number of aromatic hydroxyl groups is 1. The fraction of sp³-hybridized carbons (Fsp3) is 0.125. The van der Waals surface area contributed by atoms with Crippen molar-refractivity contribution in [3.63, 3.8) is 0 Å². The normalized spacial score (nSPS) is 9.70. The monoisotopic (exact) mass is 272 g/mol. The molecule has 102 valence electrons. The van der Waals surface area contributed by atoms with Crippen molar-refractivity contribution in [2.45, 2.75) is 6.61 Å². The molecule has 4 heteroatoms. The van der Waals surface area contributed by atoms with E-state index in [4.69, 9.17) is 9.84 Å². The van der Waals surface area contributed by atoms with Crippen LogP contribution in [0.5, 0.6) is 11.5 Å². The van der Waals surface area contributed by atoms with Crippen LogP contribution in [0.25, 0.3) is 0 Å². The molecule has 0 heterocycles. The Kier molecular flexibility index (Phi) is 4.59. The van der Waals surface area contributed by atoms with E-state index < -0.39 is 5.82 Å². The molecule has 2 N–H and O–H groups in total. The molecule has 0 amide bonds. The van der Waals surface area contributed by atoms with Gasteiger partial charge in [-0.2, -0.15) is 0 Å². The molecule has 0 saturated heterocycles. The maximum absolute atomic E-state index is 13.2. The largest absolute Gasteiger partial charge is 0.508 e. The minimum absolute atomic E-state index is 0.175. The molecule has 2 rings (SSSR count). The Morgan fingerprint density at radius 1 is 1.10 bits per heavy atom. The molecule has 0 aliphatic rings. The van der Waals surface area contributed by atoms with E-state index in [2.05, 4.69) is 11.8 Å². The first kappa shape index (κ1) is 13.9. The molecule has 0 spiro atoms. The van der Waals surface area contributed by atoms with E-state index >= 15 is 0 Å². The first-order chi connectivity index (χ1) is 9.69. The molecule has 2 aromatic rings. The molecule has 2 aromatic carbocycles. The fourth-order valence-electron chi connectivity index (χ4n) is 1.61. The van der Waals surface area contributed by atoms with Gasteiger partial charge >= 0.3 is 0 Å². The molecule has 0 unspecified atom stereocenters. The minimum atomic E-state index is -0.416. The predicted molar refractivity (Wildman–Crippen MR) is 72.8 cm³/mol. The summed E-state index contributed by atoms with van der Waals surface area (Å²) in [6, 6.07) is 10.6. The van der Waals surface area contributed by atoms with Gasteiger partial charge in [0.05, 0.1) is 5.56 Å². The van der Waals surface area contributed by atoms with Crippen LogP contribution in [-0.4, -0.2) is 16.8 Å².